The Hall–Kier alpha value is -1.52. The maximum Gasteiger partial charge on any atom is 0.202 e. The molecular weight excluding hydrogens is 238 g/mol. The average molecular weight is 263 g/mol. The highest BCUT2D eigenvalue weighted by Crippen LogP contribution is 2.27. The van der Waals surface area contributed by atoms with E-state index in [1.807, 2.05) is 18.7 Å². The van der Waals surface area contributed by atoms with Crippen molar-refractivity contribution in [1.82, 2.24) is 19.3 Å². The molecule has 19 heavy (non-hydrogen) atoms. The Morgan fingerprint density at radius 3 is 2.68 bits per heavy atom. The average Bonchev–Trinajstić information content (AvgIpc) is 2.83. The summed E-state index contributed by atoms with van der Waals surface area (Å²) in [7, 11) is 1.96. The van der Waals surface area contributed by atoms with E-state index in [2.05, 4.69) is 28.5 Å². The Bertz CT molecular complexity index is 552. The lowest BCUT2D eigenvalue weighted by atomic mass is 10.1. The number of hydrogen-bond acceptors (Lipinski definition) is 3. The van der Waals surface area contributed by atoms with Crippen LogP contribution in [0.3, 0.4) is 0 Å². The summed E-state index contributed by atoms with van der Waals surface area (Å²) in [6, 6.07) is 0.372. The molecule has 2 N–H and O–H groups in total. The van der Waals surface area contributed by atoms with Crippen LogP contribution in [0.4, 0.5) is 5.95 Å². The Morgan fingerprint density at radius 1 is 1.26 bits per heavy atom. The second kappa shape index (κ2) is 5.63. The molecule has 0 aliphatic heterocycles. The van der Waals surface area contributed by atoms with E-state index in [1.165, 1.54) is 25.7 Å². The second-order valence-electron chi connectivity index (χ2n) is 5.42. The van der Waals surface area contributed by atoms with E-state index < -0.39 is 0 Å². The molecule has 0 radical (unpaired) electrons. The van der Waals surface area contributed by atoms with Crippen molar-refractivity contribution in [3.05, 3.63) is 5.69 Å². The highest BCUT2D eigenvalue weighted by molar-refractivity contribution is 5.77. The third kappa shape index (κ3) is 2.60. The summed E-state index contributed by atoms with van der Waals surface area (Å²) in [5.41, 5.74) is 8.99. The van der Waals surface area contributed by atoms with E-state index in [-0.39, 0.29) is 0 Å². The fourth-order valence-corrected chi connectivity index (χ4v) is 2.74. The zero-order valence-electron chi connectivity index (χ0n) is 12.5. The van der Waals surface area contributed by atoms with Gasteiger partial charge in [0.05, 0.1) is 5.69 Å². The minimum absolute atomic E-state index is 0.372. The summed E-state index contributed by atoms with van der Waals surface area (Å²) in [5.74, 6) is 0.606. The third-order valence-corrected chi connectivity index (χ3v) is 3.78. The zero-order chi connectivity index (χ0) is 14.0. The number of fused-ring (bicyclic) bond motifs is 1. The maximum atomic E-state index is 6.08. The van der Waals surface area contributed by atoms with Crippen LogP contribution in [0.2, 0.25) is 0 Å². The molecule has 2 aromatic heterocycles. The fraction of sp³-hybridized carbons (Fsp3) is 0.714. The SMILES string of the molecule is CCCCCCC(C)n1c(N)nc2c(C)nn(C)c21. The molecule has 5 nitrogen and oxygen atoms in total. The van der Waals surface area contributed by atoms with Gasteiger partial charge in [0, 0.05) is 13.1 Å². The first-order chi connectivity index (χ1) is 9.06. The standard InChI is InChI=1S/C14H25N5/c1-5-6-7-8-9-10(2)19-13-12(16-14(19)15)11(3)17-18(13)4/h10H,5-9H2,1-4H3,(H2,15,16). The summed E-state index contributed by atoms with van der Waals surface area (Å²) >= 11 is 0. The van der Waals surface area contributed by atoms with E-state index in [0.29, 0.717) is 12.0 Å². The van der Waals surface area contributed by atoms with Crippen LogP contribution in [0.5, 0.6) is 0 Å². The lowest BCUT2D eigenvalue weighted by Crippen LogP contribution is -2.11. The van der Waals surface area contributed by atoms with Gasteiger partial charge < -0.3 is 5.73 Å². The highest BCUT2D eigenvalue weighted by Gasteiger charge is 2.19. The predicted molar refractivity (Wildman–Crippen MR) is 79.1 cm³/mol. The first-order valence-corrected chi connectivity index (χ1v) is 7.23. The van der Waals surface area contributed by atoms with Gasteiger partial charge in [0.1, 0.15) is 5.52 Å². The molecule has 0 saturated carbocycles. The number of rotatable bonds is 6. The predicted octanol–water partition coefficient (Wildman–Crippen LogP) is 3.19. The molecule has 0 spiro atoms. The van der Waals surface area contributed by atoms with Crippen molar-refractivity contribution < 1.29 is 0 Å². The van der Waals surface area contributed by atoms with Crippen molar-refractivity contribution in [2.24, 2.45) is 7.05 Å². The number of nitrogen functional groups attached to an aromatic ring is 1. The molecule has 0 bridgehead atoms. The van der Waals surface area contributed by atoms with Crippen LogP contribution in [-0.4, -0.2) is 19.3 Å². The van der Waals surface area contributed by atoms with Crippen LogP contribution in [0.25, 0.3) is 11.2 Å². The van der Waals surface area contributed by atoms with E-state index in [4.69, 9.17) is 5.73 Å². The minimum Gasteiger partial charge on any atom is -0.369 e. The molecule has 2 heterocycles. The van der Waals surface area contributed by atoms with Crippen LogP contribution in [0.15, 0.2) is 0 Å². The van der Waals surface area contributed by atoms with Crippen LogP contribution in [0.1, 0.15) is 57.7 Å². The first kappa shape index (κ1) is 13.9. The van der Waals surface area contributed by atoms with Gasteiger partial charge in [0.25, 0.3) is 0 Å². The van der Waals surface area contributed by atoms with Crippen molar-refractivity contribution in [3.8, 4) is 0 Å². The smallest absolute Gasteiger partial charge is 0.202 e. The van der Waals surface area contributed by atoms with Gasteiger partial charge in [-0.3, -0.25) is 9.25 Å². The normalized spacial score (nSPS) is 13.3. The monoisotopic (exact) mass is 263 g/mol. The largest absolute Gasteiger partial charge is 0.369 e. The topological polar surface area (TPSA) is 61.7 Å². The number of aromatic nitrogens is 4. The van der Waals surface area contributed by atoms with E-state index in [0.717, 1.165) is 23.3 Å². The van der Waals surface area contributed by atoms with Gasteiger partial charge in [-0.2, -0.15) is 5.10 Å². The molecule has 106 valence electrons. The number of unbranched alkanes of at least 4 members (excludes halogenated alkanes) is 3. The molecule has 0 aliphatic rings. The maximum absolute atomic E-state index is 6.08. The van der Waals surface area contributed by atoms with E-state index >= 15 is 0 Å². The molecular formula is C14H25N5. The summed E-state index contributed by atoms with van der Waals surface area (Å²) in [5, 5.41) is 4.42. The van der Waals surface area contributed by atoms with Gasteiger partial charge in [-0.15, -0.1) is 0 Å². The Balaban J connectivity index is 2.21. The first-order valence-electron chi connectivity index (χ1n) is 7.23. The van der Waals surface area contributed by atoms with Crippen LogP contribution in [0, 0.1) is 6.92 Å². The minimum atomic E-state index is 0.372. The molecule has 0 aromatic carbocycles. The summed E-state index contributed by atoms with van der Waals surface area (Å²) in [6.45, 7) is 6.43. The fourth-order valence-electron chi connectivity index (χ4n) is 2.74. The molecule has 0 aliphatic carbocycles. The van der Waals surface area contributed by atoms with Gasteiger partial charge >= 0.3 is 0 Å². The molecule has 0 amide bonds. The van der Waals surface area contributed by atoms with E-state index in [9.17, 15) is 0 Å². The number of nitrogens with two attached hydrogens (primary N) is 1. The molecule has 5 heteroatoms. The molecule has 2 rings (SSSR count). The van der Waals surface area contributed by atoms with Gasteiger partial charge in [0.15, 0.2) is 5.65 Å². The summed E-state index contributed by atoms with van der Waals surface area (Å²) < 4.78 is 4.01. The second-order valence-corrected chi connectivity index (χ2v) is 5.42. The van der Waals surface area contributed by atoms with Crippen LogP contribution < -0.4 is 5.73 Å². The number of hydrogen-bond donors (Lipinski definition) is 1. The number of aryl methyl sites for hydroxylation is 2. The number of imidazole rings is 1. The number of nitrogens with zero attached hydrogens (tertiary/aromatic N) is 4. The molecule has 2 aromatic rings. The Morgan fingerprint density at radius 2 is 2.00 bits per heavy atom. The van der Waals surface area contributed by atoms with Crippen LogP contribution in [-0.2, 0) is 7.05 Å². The van der Waals surface area contributed by atoms with Crippen LogP contribution >= 0.6 is 0 Å². The zero-order valence-corrected chi connectivity index (χ0v) is 12.5. The lowest BCUT2D eigenvalue weighted by Gasteiger charge is -2.15. The van der Waals surface area contributed by atoms with Crippen molar-refractivity contribution in [1.29, 1.82) is 0 Å². The van der Waals surface area contributed by atoms with E-state index in [1.54, 1.807) is 0 Å². The van der Waals surface area contributed by atoms with Crippen molar-refractivity contribution >= 4 is 17.1 Å². The molecule has 0 fully saturated rings. The molecule has 1 unspecified atom stereocenters. The summed E-state index contributed by atoms with van der Waals surface area (Å²) in [6.07, 6.45) is 6.26. The van der Waals surface area contributed by atoms with Crippen molar-refractivity contribution in [2.75, 3.05) is 5.73 Å². The van der Waals surface area contributed by atoms with Gasteiger partial charge in [-0.25, -0.2) is 4.98 Å². The van der Waals surface area contributed by atoms with Crippen molar-refractivity contribution in [3.63, 3.8) is 0 Å². The molecule has 0 saturated heterocycles. The Labute approximate surface area is 114 Å². The van der Waals surface area contributed by atoms with Gasteiger partial charge in [0.2, 0.25) is 5.95 Å². The highest BCUT2D eigenvalue weighted by atomic mass is 15.4. The third-order valence-electron chi connectivity index (χ3n) is 3.78. The lowest BCUT2D eigenvalue weighted by molar-refractivity contribution is 0.479. The summed E-state index contributed by atoms with van der Waals surface area (Å²) in [4.78, 5) is 4.46. The Kier molecular flexibility index (Phi) is 4.12. The van der Waals surface area contributed by atoms with Crippen molar-refractivity contribution in [2.45, 2.75) is 58.9 Å². The quantitative estimate of drug-likeness (QED) is 0.814. The molecule has 1 atom stereocenters. The number of anilines is 1. The van der Waals surface area contributed by atoms with Gasteiger partial charge in [-0.1, -0.05) is 32.6 Å². The van der Waals surface area contributed by atoms with Gasteiger partial charge in [-0.05, 0) is 20.3 Å².